The van der Waals surface area contributed by atoms with Crippen LogP contribution in [-0.4, -0.2) is 57.7 Å². The molecule has 0 aliphatic heterocycles. The van der Waals surface area contributed by atoms with E-state index in [0.717, 1.165) is 10.4 Å². The number of nitrogens with zero attached hydrogens (tertiary/aromatic N) is 1. The molecule has 1 rings (SSSR count). The van der Waals surface area contributed by atoms with E-state index in [0.29, 0.717) is 32.2 Å². The molecular weight excluding hydrogens is 413 g/mol. The zero-order valence-corrected chi connectivity index (χ0v) is 17.5. The van der Waals surface area contributed by atoms with Gasteiger partial charge in [0, 0.05) is 33.1 Å². The second-order valence-corrected chi connectivity index (χ2v) is 8.82. The van der Waals surface area contributed by atoms with Crippen LogP contribution in [0.3, 0.4) is 0 Å². The second-order valence-electron chi connectivity index (χ2n) is 6.70. The number of sulfonamides is 1. The normalized spacial score (nSPS) is 12.2. The molecule has 0 atom stereocenters. The fraction of sp³-hybridized carbons (Fsp3) is 0.611. The first kappa shape index (κ1) is 25.0. The highest BCUT2D eigenvalue weighted by Gasteiger charge is 2.26. The Morgan fingerprint density at radius 3 is 2.24 bits per heavy atom. The Bertz CT molecular complexity index is 795. The molecule has 0 fully saturated rings. The number of rotatable bonds is 12. The van der Waals surface area contributed by atoms with Gasteiger partial charge in [0.1, 0.15) is 16.2 Å². The van der Waals surface area contributed by atoms with Crippen molar-refractivity contribution in [2.45, 2.75) is 49.6 Å². The van der Waals surface area contributed by atoms with Gasteiger partial charge in [-0.15, -0.1) is 0 Å². The highest BCUT2D eigenvalue weighted by atomic mass is 32.2. The summed E-state index contributed by atoms with van der Waals surface area (Å²) in [5, 5.41) is 12.3. The lowest BCUT2D eigenvalue weighted by Gasteiger charge is -2.18. The molecule has 0 spiro atoms. The van der Waals surface area contributed by atoms with Crippen molar-refractivity contribution in [2.24, 2.45) is 0 Å². The van der Waals surface area contributed by atoms with Crippen LogP contribution in [0.5, 0.6) is 5.75 Å². The van der Waals surface area contributed by atoms with Crippen molar-refractivity contribution in [1.82, 2.24) is 4.31 Å². The van der Waals surface area contributed by atoms with Crippen LogP contribution in [0.2, 0.25) is 0 Å². The number of benzene rings is 1. The number of nitrogens with one attached hydrogen (secondary N) is 1. The number of aromatic carboxylic acids is 1. The van der Waals surface area contributed by atoms with Gasteiger partial charge in [0.05, 0.1) is 12.8 Å². The number of ether oxygens (including phenoxy) is 1. The van der Waals surface area contributed by atoms with Gasteiger partial charge in [-0.2, -0.15) is 13.2 Å². The number of anilines is 1. The van der Waals surface area contributed by atoms with E-state index in [1.165, 1.54) is 27.3 Å². The van der Waals surface area contributed by atoms with Crippen molar-refractivity contribution in [3.8, 4) is 5.75 Å². The van der Waals surface area contributed by atoms with Crippen molar-refractivity contribution in [3.05, 3.63) is 17.7 Å². The van der Waals surface area contributed by atoms with Crippen LogP contribution in [0, 0.1) is 0 Å². The number of carboxylic acid groups (broad SMARTS) is 1. The van der Waals surface area contributed by atoms with Crippen molar-refractivity contribution in [1.29, 1.82) is 0 Å². The number of carbonyl (C=O) groups is 1. The molecule has 0 saturated carbocycles. The Balaban J connectivity index is 2.80. The van der Waals surface area contributed by atoms with Crippen LogP contribution in [0.1, 0.15) is 48.9 Å². The minimum atomic E-state index is -4.13. The topological polar surface area (TPSA) is 95.9 Å². The Morgan fingerprint density at radius 2 is 1.72 bits per heavy atom. The van der Waals surface area contributed by atoms with Crippen LogP contribution in [0.15, 0.2) is 17.0 Å². The Hall–Kier alpha value is -2.01. The van der Waals surface area contributed by atoms with Crippen LogP contribution < -0.4 is 10.1 Å². The maximum Gasteiger partial charge on any atom is 0.389 e. The largest absolute Gasteiger partial charge is 0.496 e. The SMILES string of the molecule is COc1cc(NCCCCCCCC(F)(F)F)c(S(=O)(=O)N(C)C)cc1C(=O)O. The van der Waals surface area contributed by atoms with E-state index in [4.69, 9.17) is 4.74 Å². The zero-order chi connectivity index (χ0) is 22.2. The third kappa shape index (κ3) is 7.73. The number of methoxy groups -OCH3 is 1. The summed E-state index contributed by atoms with van der Waals surface area (Å²) >= 11 is 0. The molecule has 2 N–H and O–H groups in total. The molecule has 0 bridgehead atoms. The predicted octanol–water partition coefficient (Wildman–Crippen LogP) is 3.96. The number of hydrogen-bond acceptors (Lipinski definition) is 5. The van der Waals surface area contributed by atoms with Crippen molar-refractivity contribution in [2.75, 3.05) is 33.1 Å². The molecule has 1 aromatic carbocycles. The monoisotopic (exact) mass is 440 g/mol. The van der Waals surface area contributed by atoms with E-state index in [9.17, 15) is 31.5 Å². The average Bonchev–Trinajstić information content (AvgIpc) is 2.61. The van der Waals surface area contributed by atoms with E-state index >= 15 is 0 Å². The third-order valence-electron chi connectivity index (χ3n) is 4.24. The summed E-state index contributed by atoms with van der Waals surface area (Å²) in [7, 11) is 0.0486. The van der Waals surface area contributed by atoms with Crippen LogP contribution in [0.25, 0.3) is 0 Å². The number of hydrogen-bond donors (Lipinski definition) is 2. The van der Waals surface area contributed by atoms with Gasteiger partial charge in [-0.25, -0.2) is 17.5 Å². The molecule has 11 heteroatoms. The molecular formula is C18H27F3N2O5S. The first-order valence-corrected chi connectivity index (χ1v) is 10.5. The summed E-state index contributed by atoms with van der Waals surface area (Å²) in [6.07, 6.45) is -2.40. The first-order chi connectivity index (χ1) is 13.4. The molecule has 7 nitrogen and oxygen atoms in total. The van der Waals surface area contributed by atoms with Gasteiger partial charge in [0.15, 0.2) is 0 Å². The Labute approximate surface area is 168 Å². The number of alkyl halides is 3. The van der Waals surface area contributed by atoms with Crippen LogP contribution in [0.4, 0.5) is 18.9 Å². The molecule has 0 amide bonds. The van der Waals surface area contributed by atoms with Crippen molar-refractivity contribution >= 4 is 21.7 Å². The van der Waals surface area contributed by atoms with Gasteiger partial charge in [-0.05, 0) is 18.9 Å². The lowest BCUT2D eigenvalue weighted by molar-refractivity contribution is -0.135. The highest BCUT2D eigenvalue weighted by molar-refractivity contribution is 7.89. The van der Waals surface area contributed by atoms with E-state index in [1.54, 1.807) is 0 Å². The molecule has 29 heavy (non-hydrogen) atoms. The van der Waals surface area contributed by atoms with Crippen LogP contribution >= 0.6 is 0 Å². The van der Waals surface area contributed by atoms with Gasteiger partial charge < -0.3 is 15.2 Å². The minimum absolute atomic E-state index is 0.0184. The lowest BCUT2D eigenvalue weighted by Crippen LogP contribution is -2.24. The van der Waals surface area contributed by atoms with Crippen molar-refractivity contribution in [3.63, 3.8) is 0 Å². The molecule has 0 heterocycles. The van der Waals surface area contributed by atoms with E-state index in [-0.39, 0.29) is 28.3 Å². The summed E-state index contributed by atoms with van der Waals surface area (Å²) in [5.41, 5.74) is -0.0687. The molecule has 0 aromatic heterocycles. The first-order valence-electron chi connectivity index (χ1n) is 9.08. The third-order valence-corrected chi connectivity index (χ3v) is 6.10. The predicted molar refractivity (Wildman–Crippen MR) is 103 cm³/mol. The van der Waals surface area contributed by atoms with Gasteiger partial charge in [-0.3, -0.25) is 0 Å². The summed E-state index contributed by atoms with van der Waals surface area (Å²) in [5.74, 6) is -1.30. The lowest BCUT2D eigenvalue weighted by atomic mass is 10.1. The molecule has 0 aliphatic carbocycles. The minimum Gasteiger partial charge on any atom is -0.496 e. The fourth-order valence-corrected chi connectivity index (χ4v) is 3.72. The number of halogens is 3. The summed E-state index contributed by atoms with van der Waals surface area (Å²) in [4.78, 5) is 11.2. The van der Waals surface area contributed by atoms with E-state index in [1.807, 2.05) is 0 Å². The standard InChI is InChI=1S/C18H27F3N2O5S/c1-23(2)29(26,27)16-11-13(17(24)25)15(28-3)12-14(16)22-10-8-6-4-5-7-9-18(19,20)21/h11-12,22H,4-10H2,1-3H3,(H,24,25). The maximum absolute atomic E-state index is 12.6. The van der Waals surface area contributed by atoms with Gasteiger partial charge >= 0.3 is 12.1 Å². The summed E-state index contributed by atoms with van der Waals surface area (Å²) in [6.45, 7) is 0.380. The molecule has 0 unspecified atom stereocenters. The molecule has 0 radical (unpaired) electrons. The molecule has 1 aromatic rings. The maximum atomic E-state index is 12.6. The molecule has 166 valence electrons. The average molecular weight is 440 g/mol. The number of unbranched alkanes of at least 4 members (excludes halogenated alkanes) is 4. The van der Waals surface area contributed by atoms with Gasteiger partial charge in [0.2, 0.25) is 10.0 Å². The van der Waals surface area contributed by atoms with E-state index < -0.39 is 28.6 Å². The Kier molecular flexibility index (Phi) is 9.21. The summed E-state index contributed by atoms with van der Waals surface area (Å²) in [6, 6.07) is 2.37. The van der Waals surface area contributed by atoms with E-state index in [2.05, 4.69) is 5.32 Å². The molecule has 0 aliphatic rings. The number of carboxylic acids is 1. The summed E-state index contributed by atoms with van der Waals surface area (Å²) < 4.78 is 67.5. The zero-order valence-electron chi connectivity index (χ0n) is 16.7. The smallest absolute Gasteiger partial charge is 0.389 e. The van der Waals surface area contributed by atoms with Crippen molar-refractivity contribution < 1.29 is 36.2 Å². The van der Waals surface area contributed by atoms with Gasteiger partial charge in [0.25, 0.3) is 0 Å². The Morgan fingerprint density at radius 1 is 1.14 bits per heavy atom. The molecule has 0 saturated heterocycles. The van der Waals surface area contributed by atoms with Crippen LogP contribution in [-0.2, 0) is 10.0 Å². The fourth-order valence-electron chi connectivity index (χ4n) is 2.65. The highest BCUT2D eigenvalue weighted by Crippen LogP contribution is 2.32. The van der Waals surface area contributed by atoms with Gasteiger partial charge in [-0.1, -0.05) is 19.3 Å². The quantitative estimate of drug-likeness (QED) is 0.478. The second kappa shape index (κ2) is 10.7.